The van der Waals surface area contributed by atoms with E-state index >= 15 is 0 Å². The molecule has 8 nitrogen and oxygen atoms in total. The largest absolute Gasteiger partial charge is 0.304 e. The molecule has 0 bridgehead atoms. The zero-order valence-electron chi connectivity index (χ0n) is 15.8. The van der Waals surface area contributed by atoms with Crippen molar-refractivity contribution in [3.8, 4) is 0 Å². The van der Waals surface area contributed by atoms with Crippen molar-refractivity contribution in [3.63, 3.8) is 0 Å². The summed E-state index contributed by atoms with van der Waals surface area (Å²) < 4.78 is 40.6. The molecule has 2 amide bonds. The standard InChI is InChI=1S/C19H21FN4O4S/c1-23-9-11-24(12-10-23)29(27,28)15-6-4-5-14(13-15)18(25)21-22-19(26)16-7-2-3-8-17(16)20/h2-8,13H,9-12H2,1H3,(H,21,25)(H,22,26). The van der Waals surface area contributed by atoms with Gasteiger partial charge in [-0.3, -0.25) is 20.4 Å². The molecule has 0 radical (unpaired) electrons. The molecule has 0 aliphatic carbocycles. The van der Waals surface area contributed by atoms with Gasteiger partial charge < -0.3 is 4.90 Å². The average molecular weight is 420 g/mol. The summed E-state index contributed by atoms with van der Waals surface area (Å²) in [5, 5.41) is 0. The van der Waals surface area contributed by atoms with E-state index < -0.39 is 27.7 Å². The van der Waals surface area contributed by atoms with Crippen molar-refractivity contribution in [2.45, 2.75) is 4.90 Å². The van der Waals surface area contributed by atoms with Crippen molar-refractivity contribution in [1.29, 1.82) is 0 Å². The predicted molar refractivity (Wildman–Crippen MR) is 104 cm³/mol. The van der Waals surface area contributed by atoms with Crippen LogP contribution in [0.1, 0.15) is 20.7 Å². The van der Waals surface area contributed by atoms with Gasteiger partial charge in [-0.15, -0.1) is 0 Å². The van der Waals surface area contributed by atoms with Gasteiger partial charge in [-0.05, 0) is 37.4 Å². The molecule has 2 aromatic carbocycles. The third-order valence-corrected chi connectivity index (χ3v) is 6.50. The number of rotatable bonds is 4. The molecule has 0 aromatic heterocycles. The summed E-state index contributed by atoms with van der Waals surface area (Å²) in [6.07, 6.45) is 0. The number of sulfonamides is 1. The molecule has 154 valence electrons. The zero-order valence-corrected chi connectivity index (χ0v) is 16.6. The molecule has 0 spiro atoms. The number of carbonyl (C=O) groups excluding carboxylic acids is 2. The lowest BCUT2D eigenvalue weighted by molar-refractivity contribution is 0.0844. The minimum atomic E-state index is -3.73. The molecule has 2 aromatic rings. The molecule has 1 heterocycles. The molecule has 3 rings (SSSR count). The number of hydrogen-bond acceptors (Lipinski definition) is 5. The Hall–Kier alpha value is -2.82. The van der Waals surface area contributed by atoms with Crippen LogP contribution in [0.2, 0.25) is 0 Å². The Balaban J connectivity index is 1.69. The first-order valence-corrected chi connectivity index (χ1v) is 10.4. The summed E-state index contributed by atoms with van der Waals surface area (Å²) in [6.45, 7) is 1.99. The van der Waals surface area contributed by atoms with E-state index in [1.54, 1.807) is 0 Å². The normalized spacial score (nSPS) is 15.7. The molecule has 10 heteroatoms. The Morgan fingerprint density at radius 3 is 2.28 bits per heavy atom. The molecule has 29 heavy (non-hydrogen) atoms. The lowest BCUT2D eigenvalue weighted by Gasteiger charge is -2.31. The van der Waals surface area contributed by atoms with E-state index in [2.05, 4.69) is 10.9 Å². The van der Waals surface area contributed by atoms with Gasteiger partial charge in [-0.2, -0.15) is 4.31 Å². The van der Waals surface area contributed by atoms with Crippen LogP contribution in [0.15, 0.2) is 53.4 Å². The number of piperazine rings is 1. The van der Waals surface area contributed by atoms with Crippen LogP contribution in [0.3, 0.4) is 0 Å². The maximum atomic E-state index is 13.6. The third-order valence-electron chi connectivity index (χ3n) is 4.60. The molecule has 1 fully saturated rings. The quantitative estimate of drug-likeness (QED) is 0.714. The number of likely N-dealkylation sites (N-methyl/N-ethyl adjacent to an activating group) is 1. The van der Waals surface area contributed by atoms with E-state index in [0.29, 0.717) is 26.2 Å². The maximum absolute atomic E-state index is 13.6. The minimum Gasteiger partial charge on any atom is -0.304 e. The number of nitrogens with zero attached hydrogens (tertiary/aromatic N) is 2. The Morgan fingerprint density at radius 1 is 0.931 bits per heavy atom. The highest BCUT2D eigenvalue weighted by Crippen LogP contribution is 2.18. The van der Waals surface area contributed by atoms with Gasteiger partial charge in [0, 0.05) is 31.7 Å². The summed E-state index contributed by atoms with van der Waals surface area (Å²) in [7, 11) is -1.81. The summed E-state index contributed by atoms with van der Waals surface area (Å²) >= 11 is 0. The number of hydrazine groups is 1. The van der Waals surface area contributed by atoms with Gasteiger partial charge in [-0.25, -0.2) is 12.8 Å². The van der Waals surface area contributed by atoms with Crippen LogP contribution >= 0.6 is 0 Å². The topological polar surface area (TPSA) is 98.8 Å². The van der Waals surface area contributed by atoms with Crippen LogP contribution in [-0.4, -0.2) is 62.7 Å². The highest BCUT2D eigenvalue weighted by molar-refractivity contribution is 7.89. The van der Waals surface area contributed by atoms with Crippen LogP contribution in [0.25, 0.3) is 0 Å². The van der Waals surface area contributed by atoms with Gasteiger partial charge in [0.05, 0.1) is 10.5 Å². The fraction of sp³-hybridized carbons (Fsp3) is 0.263. The molecular formula is C19H21FN4O4S. The van der Waals surface area contributed by atoms with E-state index in [1.165, 1.54) is 46.8 Å². The van der Waals surface area contributed by atoms with Crippen molar-refractivity contribution in [2.75, 3.05) is 33.2 Å². The van der Waals surface area contributed by atoms with E-state index in [-0.39, 0.29) is 16.0 Å². The van der Waals surface area contributed by atoms with Crippen LogP contribution in [0.5, 0.6) is 0 Å². The molecule has 0 saturated carbocycles. The van der Waals surface area contributed by atoms with Crippen molar-refractivity contribution in [1.82, 2.24) is 20.1 Å². The van der Waals surface area contributed by atoms with Gasteiger partial charge in [0.1, 0.15) is 5.82 Å². The Morgan fingerprint density at radius 2 is 1.59 bits per heavy atom. The van der Waals surface area contributed by atoms with Crippen LogP contribution < -0.4 is 10.9 Å². The minimum absolute atomic E-state index is 0.00451. The first kappa shape index (κ1) is 20.9. The monoisotopic (exact) mass is 420 g/mol. The van der Waals surface area contributed by atoms with Crippen LogP contribution in [0.4, 0.5) is 4.39 Å². The first-order chi connectivity index (χ1) is 13.8. The second-order valence-corrected chi connectivity index (χ2v) is 8.56. The summed E-state index contributed by atoms with van der Waals surface area (Å²) in [4.78, 5) is 26.3. The average Bonchev–Trinajstić information content (AvgIpc) is 2.72. The predicted octanol–water partition coefficient (Wildman–Crippen LogP) is 0.837. The van der Waals surface area contributed by atoms with Crippen molar-refractivity contribution < 1.29 is 22.4 Å². The summed E-state index contributed by atoms with van der Waals surface area (Å²) in [6, 6.07) is 10.9. The molecule has 0 atom stereocenters. The van der Waals surface area contributed by atoms with Gasteiger partial charge in [0.2, 0.25) is 10.0 Å². The highest BCUT2D eigenvalue weighted by Gasteiger charge is 2.28. The number of hydrogen-bond donors (Lipinski definition) is 2. The lowest BCUT2D eigenvalue weighted by Crippen LogP contribution is -2.47. The first-order valence-electron chi connectivity index (χ1n) is 8.93. The van der Waals surface area contributed by atoms with Gasteiger partial charge in [-0.1, -0.05) is 18.2 Å². The Bertz CT molecular complexity index is 1020. The zero-order chi connectivity index (χ0) is 21.0. The molecule has 1 saturated heterocycles. The summed E-state index contributed by atoms with van der Waals surface area (Å²) in [5.74, 6) is -2.26. The molecule has 0 unspecified atom stereocenters. The van der Waals surface area contributed by atoms with Gasteiger partial charge in [0.15, 0.2) is 0 Å². The van der Waals surface area contributed by atoms with E-state index in [9.17, 15) is 22.4 Å². The van der Waals surface area contributed by atoms with Gasteiger partial charge in [0.25, 0.3) is 11.8 Å². The summed E-state index contributed by atoms with van der Waals surface area (Å²) in [5.41, 5.74) is 4.12. The van der Waals surface area contributed by atoms with Crippen LogP contribution in [0, 0.1) is 5.82 Å². The molecule has 1 aliphatic heterocycles. The Kier molecular flexibility index (Phi) is 6.26. The van der Waals surface area contributed by atoms with E-state index in [1.807, 2.05) is 11.9 Å². The molecule has 2 N–H and O–H groups in total. The number of amides is 2. The fourth-order valence-electron chi connectivity index (χ4n) is 2.87. The maximum Gasteiger partial charge on any atom is 0.272 e. The lowest BCUT2D eigenvalue weighted by atomic mass is 10.2. The number of nitrogens with one attached hydrogen (secondary N) is 2. The van der Waals surface area contributed by atoms with Crippen molar-refractivity contribution >= 4 is 21.8 Å². The smallest absolute Gasteiger partial charge is 0.272 e. The van der Waals surface area contributed by atoms with E-state index in [4.69, 9.17) is 0 Å². The Labute approximate surface area is 168 Å². The second kappa shape index (κ2) is 8.68. The highest BCUT2D eigenvalue weighted by atomic mass is 32.2. The second-order valence-electron chi connectivity index (χ2n) is 6.62. The van der Waals surface area contributed by atoms with Crippen molar-refractivity contribution in [3.05, 3.63) is 65.5 Å². The molecule has 1 aliphatic rings. The van der Waals surface area contributed by atoms with Gasteiger partial charge >= 0.3 is 0 Å². The SMILES string of the molecule is CN1CCN(S(=O)(=O)c2cccc(C(=O)NNC(=O)c3ccccc3F)c2)CC1. The third kappa shape index (κ3) is 4.78. The fourth-order valence-corrected chi connectivity index (χ4v) is 4.34. The number of halogens is 1. The number of carbonyl (C=O) groups is 2. The molecular weight excluding hydrogens is 399 g/mol. The van der Waals surface area contributed by atoms with E-state index in [0.717, 1.165) is 6.07 Å². The van der Waals surface area contributed by atoms with Crippen LogP contribution in [-0.2, 0) is 10.0 Å². The van der Waals surface area contributed by atoms with Crippen molar-refractivity contribution in [2.24, 2.45) is 0 Å². The number of benzene rings is 2.